The molecule has 0 aromatic heterocycles. The van der Waals surface area contributed by atoms with Gasteiger partial charge < -0.3 is 10.1 Å². The highest BCUT2D eigenvalue weighted by Crippen LogP contribution is 2.52. The van der Waals surface area contributed by atoms with Gasteiger partial charge in [-0.15, -0.1) is 12.4 Å². The summed E-state index contributed by atoms with van der Waals surface area (Å²) in [6.45, 7) is 1.11. The molecule has 1 aromatic carbocycles. The van der Waals surface area contributed by atoms with Crippen LogP contribution in [0.2, 0.25) is 0 Å². The zero-order valence-corrected chi connectivity index (χ0v) is 13.9. The smallest absolute Gasteiger partial charge is 0.123 e. The highest BCUT2D eigenvalue weighted by Gasteiger charge is 2.47. The van der Waals surface area contributed by atoms with Crippen LogP contribution in [0.5, 0.6) is 5.75 Å². The molecular formula is C18H28ClNO. The van der Waals surface area contributed by atoms with Crippen molar-refractivity contribution in [3.63, 3.8) is 0 Å². The van der Waals surface area contributed by atoms with E-state index in [1.807, 2.05) is 7.05 Å². The Hall–Kier alpha value is -0.730. The highest BCUT2D eigenvalue weighted by molar-refractivity contribution is 5.85. The van der Waals surface area contributed by atoms with E-state index in [1.165, 1.54) is 56.9 Å². The van der Waals surface area contributed by atoms with Crippen molar-refractivity contribution in [2.24, 2.45) is 0 Å². The lowest BCUT2D eigenvalue weighted by Gasteiger charge is -2.34. The van der Waals surface area contributed by atoms with E-state index < -0.39 is 0 Å². The lowest BCUT2D eigenvalue weighted by molar-refractivity contribution is 0.0479. The quantitative estimate of drug-likeness (QED) is 0.816. The van der Waals surface area contributed by atoms with Gasteiger partial charge in [0.15, 0.2) is 0 Å². The van der Waals surface area contributed by atoms with Gasteiger partial charge in [-0.2, -0.15) is 0 Å². The van der Waals surface area contributed by atoms with Gasteiger partial charge in [0.05, 0.1) is 0 Å². The second-order valence-electron chi connectivity index (χ2n) is 6.42. The van der Waals surface area contributed by atoms with Gasteiger partial charge in [-0.05, 0) is 58.2 Å². The fraction of sp³-hybridized carbons (Fsp3) is 0.667. The third kappa shape index (κ3) is 3.37. The van der Waals surface area contributed by atoms with E-state index >= 15 is 0 Å². The van der Waals surface area contributed by atoms with E-state index in [0.29, 0.717) is 5.92 Å². The number of halogens is 1. The predicted octanol–water partition coefficient (Wildman–Crippen LogP) is 4.68. The molecular weight excluding hydrogens is 282 g/mol. The Kier molecular flexibility index (Phi) is 5.95. The van der Waals surface area contributed by atoms with Gasteiger partial charge in [0.25, 0.3) is 0 Å². The van der Waals surface area contributed by atoms with Crippen LogP contribution in [0.3, 0.4) is 0 Å². The number of hydrogen-bond acceptors (Lipinski definition) is 2. The average Bonchev–Trinajstić information content (AvgIpc) is 2.61. The Morgan fingerprint density at radius 3 is 2.57 bits per heavy atom. The number of rotatable bonds is 4. The monoisotopic (exact) mass is 309 g/mol. The van der Waals surface area contributed by atoms with Crippen molar-refractivity contribution in [1.82, 2.24) is 5.32 Å². The maximum absolute atomic E-state index is 6.54. The molecule has 1 fully saturated rings. The normalized spacial score (nSPS) is 23.0. The van der Waals surface area contributed by atoms with Gasteiger partial charge in [-0.3, -0.25) is 0 Å². The summed E-state index contributed by atoms with van der Waals surface area (Å²) in [4.78, 5) is 0. The van der Waals surface area contributed by atoms with E-state index in [4.69, 9.17) is 4.74 Å². The van der Waals surface area contributed by atoms with Crippen LogP contribution in [0, 0.1) is 0 Å². The molecule has 3 heteroatoms. The van der Waals surface area contributed by atoms with Gasteiger partial charge in [-0.25, -0.2) is 0 Å². The topological polar surface area (TPSA) is 21.3 Å². The van der Waals surface area contributed by atoms with Gasteiger partial charge >= 0.3 is 0 Å². The average molecular weight is 310 g/mol. The summed E-state index contributed by atoms with van der Waals surface area (Å²) in [6.07, 6.45) is 10.4. The highest BCUT2D eigenvalue weighted by atomic mass is 35.5. The molecule has 1 N–H and O–H groups in total. The number of hydrogen-bond donors (Lipinski definition) is 1. The molecule has 3 rings (SSSR count). The van der Waals surface area contributed by atoms with Crippen LogP contribution in [-0.2, 0) is 0 Å². The van der Waals surface area contributed by atoms with Crippen molar-refractivity contribution >= 4 is 12.4 Å². The first-order chi connectivity index (χ1) is 9.86. The number of nitrogens with one attached hydrogen (secondary N) is 1. The molecule has 1 heterocycles. The van der Waals surface area contributed by atoms with Crippen LogP contribution in [0.15, 0.2) is 24.3 Å². The summed E-state index contributed by atoms with van der Waals surface area (Å²) in [7, 11) is 2.04. The second kappa shape index (κ2) is 7.51. The van der Waals surface area contributed by atoms with Crippen LogP contribution in [-0.4, -0.2) is 19.2 Å². The largest absolute Gasteiger partial charge is 0.486 e. The van der Waals surface area contributed by atoms with Gasteiger partial charge in [-0.1, -0.05) is 31.0 Å². The molecule has 118 valence electrons. The third-order valence-electron chi connectivity index (χ3n) is 5.11. The molecule has 1 aliphatic carbocycles. The molecule has 1 aromatic rings. The number of benzene rings is 1. The molecule has 2 nitrogen and oxygen atoms in total. The van der Waals surface area contributed by atoms with E-state index in [2.05, 4.69) is 29.6 Å². The molecule has 1 atom stereocenters. The van der Waals surface area contributed by atoms with Crippen LogP contribution in [0.1, 0.15) is 62.8 Å². The van der Waals surface area contributed by atoms with Crippen molar-refractivity contribution in [3.05, 3.63) is 29.8 Å². The first-order valence-electron chi connectivity index (χ1n) is 8.28. The minimum Gasteiger partial charge on any atom is -0.486 e. The molecule has 1 spiro atoms. The predicted molar refractivity (Wildman–Crippen MR) is 90.7 cm³/mol. The zero-order valence-electron chi connectivity index (χ0n) is 13.1. The van der Waals surface area contributed by atoms with Crippen molar-refractivity contribution in [1.29, 1.82) is 0 Å². The fourth-order valence-electron chi connectivity index (χ4n) is 4.11. The van der Waals surface area contributed by atoms with Crippen molar-refractivity contribution in [2.45, 2.75) is 62.9 Å². The number of para-hydroxylation sites is 1. The van der Waals surface area contributed by atoms with Crippen LogP contribution in [0.25, 0.3) is 0 Å². The molecule has 1 saturated carbocycles. The van der Waals surface area contributed by atoms with E-state index in [9.17, 15) is 0 Å². The minimum absolute atomic E-state index is 0. The van der Waals surface area contributed by atoms with Crippen molar-refractivity contribution in [2.75, 3.05) is 13.6 Å². The summed E-state index contributed by atoms with van der Waals surface area (Å²) in [5.41, 5.74) is 1.57. The van der Waals surface area contributed by atoms with Crippen LogP contribution >= 0.6 is 12.4 Å². The zero-order chi connectivity index (χ0) is 13.8. The first kappa shape index (κ1) is 16.6. The van der Waals surface area contributed by atoms with Gasteiger partial charge in [0.1, 0.15) is 11.4 Å². The summed E-state index contributed by atoms with van der Waals surface area (Å²) in [6, 6.07) is 8.74. The Bertz CT molecular complexity index is 441. The van der Waals surface area contributed by atoms with Crippen molar-refractivity contribution < 1.29 is 4.74 Å². The van der Waals surface area contributed by atoms with Crippen molar-refractivity contribution in [3.8, 4) is 5.75 Å². The second-order valence-corrected chi connectivity index (χ2v) is 6.42. The summed E-state index contributed by atoms with van der Waals surface area (Å²) < 4.78 is 6.54. The van der Waals surface area contributed by atoms with Crippen LogP contribution in [0.4, 0.5) is 0 Å². The molecule has 1 aliphatic heterocycles. The van der Waals surface area contributed by atoms with Crippen LogP contribution < -0.4 is 10.1 Å². The molecule has 1 unspecified atom stereocenters. The molecule has 21 heavy (non-hydrogen) atoms. The summed E-state index contributed by atoms with van der Waals surface area (Å²) in [5, 5.41) is 3.28. The van der Waals surface area contributed by atoms with E-state index in [1.54, 1.807) is 0 Å². The Labute approximate surface area is 135 Å². The van der Waals surface area contributed by atoms with Gasteiger partial charge in [0.2, 0.25) is 0 Å². The number of ether oxygens (including phenoxy) is 1. The summed E-state index contributed by atoms with van der Waals surface area (Å²) >= 11 is 0. The molecule has 2 aliphatic rings. The molecule has 0 bridgehead atoms. The maximum Gasteiger partial charge on any atom is 0.123 e. The van der Waals surface area contributed by atoms with E-state index in [0.717, 1.165) is 12.3 Å². The maximum atomic E-state index is 6.54. The first-order valence-corrected chi connectivity index (χ1v) is 8.28. The lowest BCUT2D eigenvalue weighted by atomic mass is 9.76. The van der Waals surface area contributed by atoms with Gasteiger partial charge in [0, 0.05) is 11.5 Å². The Morgan fingerprint density at radius 1 is 1.14 bits per heavy atom. The van der Waals surface area contributed by atoms with E-state index in [-0.39, 0.29) is 18.0 Å². The fourth-order valence-corrected chi connectivity index (χ4v) is 4.11. The molecule has 0 amide bonds. The Morgan fingerprint density at radius 2 is 1.86 bits per heavy atom. The standard InChI is InChI=1S/C18H27NO.ClH/c1-19-14-8-10-16-15-9-4-5-11-17(15)20-18(16)12-6-2-3-7-13-18;/h4-5,9,11,16,19H,2-3,6-8,10,12-14H2,1H3;1H. The number of fused-ring (bicyclic) bond motifs is 1. The molecule has 0 saturated heterocycles. The summed E-state index contributed by atoms with van der Waals surface area (Å²) in [5.74, 6) is 1.76. The lowest BCUT2D eigenvalue weighted by Crippen LogP contribution is -2.37. The minimum atomic E-state index is 0. The SMILES string of the molecule is CNCCCC1c2ccccc2OC12CCCCCC2.Cl. The third-order valence-corrected chi connectivity index (χ3v) is 5.11. The Balaban J connectivity index is 0.00000161. The molecule has 0 radical (unpaired) electrons.